The van der Waals surface area contributed by atoms with Crippen LogP contribution in [0, 0.1) is 5.41 Å². The van der Waals surface area contributed by atoms with Gasteiger partial charge in [0.25, 0.3) is 0 Å². The molecule has 0 saturated carbocycles. The molecule has 1 fully saturated rings. The maximum absolute atomic E-state index is 10.5. The minimum Gasteiger partial charge on any atom is -0.454 e. The molecule has 21 heavy (non-hydrogen) atoms. The molecule has 2 heterocycles. The number of β-amino-alcohol motifs (C(OH)–C–C–N with tert-alkyl or cyclic N) is 1. The first-order chi connectivity index (χ1) is 10.1. The Morgan fingerprint density at radius 2 is 1.95 bits per heavy atom. The number of fused-ring (bicyclic) bond motifs is 1. The Hall–Kier alpha value is -1.26. The molecule has 116 valence electrons. The number of aliphatic hydroxyl groups excluding tert-OH is 1. The smallest absolute Gasteiger partial charge is 0.231 e. The molecule has 1 N–H and O–H groups in total. The number of hydrogen-bond acceptors (Lipinski definition) is 4. The van der Waals surface area contributed by atoms with E-state index in [1.807, 2.05) is 18.2 Å². The van der Waals surface area contributed by atoms with E-state index in [9.17, 15) is 5.11 Å². The molecule has 2 aliphatic rings. The fourth-order valence-corrected chi connectivity index (χ4v) is 3.10. The molecule has 2 aliphatic heterocycles. The van der Waals surface area contributed by atoms with Crippen LogP contribution in [0.5, 0.6) is 11.5 Å². The SMILES string of the molecule is CCC1(C)CCN(CC(O)c2ccc3c(c2)OCO3)CC1. The summed E-state index contributed by atoms with van der Waals surface area (Å²) in [5, 5.41) is 10.5. The summed E-state index contributed by atoms with van der Waals surface area (Å²) >= 11 is 0. The van der Waals surface area contributed by atoms with Gasteiger partial charge in [0.15, 0.2) is 11.5 Å². The Bertz CT molecular complexity index is 495. The van der Waals surface area contributed by atoms with Crippen molar-refractivity contribution in [3.8, 4) is 11.5 Å². The standard InChI is InChI=1S/C17H25NO3/c1-3-17(2)6-8-18(9-7-17)11-14(19)13-4-5-15-16(10-13)21-12-20-15/h4-5,10,14,19H,3,6-9,11-12H2,1-2H3. The number of rotatable bonds is 4. The molecule has 3 rings (SSSR count). The van der Waals surface area contributed by atoms with E-state index in [1.165, 1.54) is 19.3 Å². The number of hydrogen-bond donors (Lipinski definition) is 1. The van der Waals surface area contributed by atoms with Gasteiger partial charge in [0.05, 0.1) is 6.10 Å². The van der Waals surface area contributed by atoms with Crippen molar-refractivity contribution in [2.24, 2.45) is 5.41 Å². The van der Waals surface area contributed by atoms with Crippen molar-refractivity contribution in [2.75, 3.05) is 26.4 Å². The molecule has 0 aliphatic carbocycles. The second-order valence-corrected chi connectivity index (χ2v) is 6.59. The van der Waals surface area contributed by atoms with Crippen molar-refractivity contribution in [1.29, 1.82) is 0 Å². The van der Waals surface area contributed by atoms with Crippen molar-refractivity contribution in [1.82, 2.24) is 4.90 Å². The third kappa shape index (κ3) is 3.16. The summed E-state index contributed by atoms with van der Waals surface area (Å²) in [6, 6.07) is 5.70. The molecule has 1 saturated heterocycles. The van der Waals surface area contributed by atoms with Crippen LogP contribution < -0.4 is 9.47 Å². The fraction of sp³-hybridized carbons (Fsp3) is 0.647. The molecule has 0 bridgehead atoms. The molecule has 4 nitrogen and oxygen atoms in total. The van der Waals surface area contributed by atoms with Gasteiger partial charge in [0.1, 0.15) is 0 Å². The van der Waals surface area contributed by atoms with Crippen molar-refractivity contribution in [2.45, 2.75) is 39.2 Å². The lowest BCUT2D eigenvalue weighted by molar-refractivity contribution is 0.0626. The van der Waals surface area contributed by atoms with Crippen LogP contribution in [-0.4, -0.2) is 36.4 Å². The molecule has 1 atom stereocenters. The minimum absolute atomic E-state index is 0.274. The van der Waals surface area contributed by atoms with Gasteiger partial charge in [-0.1, -0.05) is 26.3 Å². The number of ether oxygens (including phenoxy) is 2. The van der Waals surface area contributed by atoms with Crippen LogP contribution >= 0.6 is 0 Å². The fourth-order valence-electron chi connectivity index (χ4n) is 3.10. The monoisotopic (exact) mass is 291 g/mol. The maximum Gasteiger partial charge on any atom is 0.231 e. The quantitative estimate of drug-likeness (QED) is 0.926. The van der Waals surface area contributed by atoms with Gasteiger partial charge in [-0.25, -0.2) is 0 Å². The van der Waals surface area contributed by atoms with Gasteiger partial charge in [-0.2, -0.15) is 0 Å². The number of benzene rings is 1. The normalized spacial score (nSPS) is 22.2. The zero-order valence-electron chi connectivity index (χ0n) is 13.0. The molecule has 0 spiro atoms. The molecule has 1 aromatic carbocycles. The Kier molecular flexibility index (Phi) is 4.09. The highest BCUT2D eigenvalue weighted by atomic mass is 16.7. The first-order valence-electron chi connectivity index (χ1n) is 7.90. The molecule has 1 aromatic rings. The van der Waals surface area contributed by atoms with Crippen LogP contribution in [0.2, 0.25) is 0 Å². The maximum atomic E-state index is 10.5. The lowest BCUT2D eigenvalue weighted by Gasteiger charge is -2.39. The highest BCUT2D eigenvalue weighted by molar-refractivity contribution is 5.45. The summed E-state index contributed by atoms with van der Waals surface area (Å²) in [5.41, 5.74) is 1.39. The average Bonchev–Trinajstić information content (AvgIpc) is 2.97. The number of nitrogens with zero attached hydrogens (tertiary/aromatic N) is 1. The largest absolute Gasteiger partial charge is 0.454 e. The molecule has 1 unspecified atom stereocenters. The van der Waals surface area contributed by atoms with E-state index >= 15 is 0 Å². The third-order valence-electron chi connectivity index (χ3n) is 5.13. The van der Waals surface area contributed by atoms with Gasteiger partial charge in [0, 0.05) is 6.54 Å². The minimum atomic E-state index is -0.467. The van der Waals surface area contributed by atoms with Gasteiger partial charge in [0.2, 0.25) is 6.79 Å². The van der Waals surface area contributed by atoms with E-state index in [2.05, 4.69) is 18.7 Å². The summed E-state index contributed by atoms with van der Waals surface area (Å²) in [4.78, 5) is 2.37. The summed E-state index contributed by atoms with van der Waals surface area (Å²) in [6.07, 6.45) is 3.21. The highest BCUT2D eigenvalue weighted by Gasteiger charge is 2.29. The summed E-state index contributed by atoms with van der Waals surface area (Å²) in [5.74, 6) is 1.51. The van der Waals surface area contributed by atoms with Gasteiger partial charge in [-0.05, 0) is 49.0 Å². The Balaban J connectivity index is 1.58. The van der Waals surface area contributed by atoms with Crippen LogP contribution in [-0.2, 0) is 0 Å². The van der Waals surface area contributed by atoms with Crippen LogP contribution in [0.1, 0.15) is 44.8 Å². The summed E-state index contributed by atoms with van der Waals surface area (Å²) in [7, 11) is 0. The number of likely N-dealkylation sites (tertiary alicyclic amines) is 1. The second kappa shape index (κ2) is 5.85. The second-order valence-electron chi connectivity index (χ2n) is 6.59. The van der Waals surface area contributed by atoms with Crippen molar-refractivity contribution in [3.63, 3.8) is 0 Å². The lowest BCUT2D eigenvalue weighted by Crippen LogP contribution is -2.40. The molecule has 4 heteroatoms. The Labute approximate surface area is 126 Å². The van der Waals surface area contributed by atoms with Crippen LogP contribution in [0.15, 0.2) is 18.2 Å². The Morgan fingerprint density at radius 3 is 2.67 bits per heavy atom. The van der Waals surface area contributed by atoms with Crippen molar-refractivity contribution in [3.05, 3.63) is 23.8 Å². The summed E-state index contributed by atoms with van der Waals surface area (Å²) < 4.78 is 10.7. The van der Waals surface area contributed by atoms with E-state index < -0.39 is 6.10 Å². The molecule has 0 aromatic heterocycles. The van der Waals surface area contributed by atoms with Gasteiger partial charge in [-0.15, -0.1) is 0 Å². The zero-order chi connectivity index (χ0) is 14.9. The molecular weight excluding hydrogens is 266 g/mol. The lowest BCUT2D eigenvalue weighted by atomic mass is 9.78. The third-order valence-corrected chi connectivity index (χ3v) is 5.13. The van der Waals surface area contributed by atoms with Crippen molar-refractivity contribution >= 4 is 0 Å². The topological polar surface area (TPSA) is 41.9 Å². The summed E-state index contributed by atoms with van der Waals surface area (Å²) in [6.45, 7) is 7.77. The van der Waals surface area contributed by atoms with Gasteiger partial charge in [-0.3, -0.25) is 0 Å². The Morgan fingerprint density at radius 1 is 1.24 bits per heavy atom. The van der Waals surface area contributed by atoms with E-state index in [0.29, 0.717) is 12.0 Å². The predicted molar refractivity (Wildman–Crippen MR) is 81.6 cm³/mol. The van der Waals surface area contributed by atoms with E-state index in [4.69, 9.17) is 9.47 Å². The van der Waals surface area contributed by atoms with Gasteiger partial charge >= 0.3 is 0 Å². The predicted octanol–water partition coefficient (Wildman–Crippen LogP) is 2.96. The molecular formula is C17H25NO3. The average molecular weight is 291 g/mol. The first kappa shape index (κ1) is 14.7. The highest BCUT2D eigenvalue weighted by Crippen LogP contribution is 2.36. The van der Waals surface area contributed by atoms with Crippen LogP contribution in [0.25, 0.3) is 0 Å². The van der Waals surface area contributed by atoms with Gasteiger partial charge < -0.3 is 19.5 Å². The van der Waals surface area contributed by atoms with E-state index in [-0.39, 0.29) is 6.79 Å². The molecule has 0 amide bonds. The zero-order valence-corrected chi connectivity index (χ0v) is 13.0. The van der Waals surface area contributed by atoms with Crippen LogP contribution in [0.4, 0.5) is 0 Å². The molecule has 0 radical (unpaired) electrons. The first-order valence-corrected chi connectivity index (χ1v) is 7.90. The van der Waals surface area contributed by atoms with E-state index in [1.54, 1.807) is 0 Å². The number of aliphatic hydroxyl groups is 1. The van der Waals surface area contributed by atoms with Crippen LogP contribution in [0.3, 0.4) is 0 Å². The van der Waals surface area contributed by atoms with Crippen molar-refractivity contribution < 1.29 is 14.6 Å². The van der Waals surface area contributed by atoms with E-state index in [0.717, 1.165) is 30.2 Å². The number of piperidine rings is 1.